The maximum Gasteiger partial charge on any atom is 0.414 e. The van der Waals surface area contributed by atoms with Crippen LogP contribution in [0.25, 0.3) is 10.9 Å². The van der Waals surface area contributed by atoms with Gasteiger partial charge >= 0.3 is 11.9 Å². The molecule has 6 N–H and O–H groups in total. The smallest absolute Gasteiger partial charge is 0.414 e. The summed E-state index contributed by atoms with van der Waals surface area (Å²) in [5.74, 6) is -2.87. The number of benzene rings is 1. The van der Waals surface area contributed by atoms with Crippen molar-refractivity contribution in [3.63, 3.8) is 0 Å². The number of carboxylic acid groups (broad SMARTS) is 2. The second-order valence-corrected chi connectivity index (χ2v) is 4.38. The number of hydrogen-bond acceptors (Lipinski definition) is 5. The number of aliphatic hydroxyl groups excluding tert-OH is 1. The van der Waals surface area contributed by atoms with Crippen LogP contribution in [-0.4, -0.2) is 52.5 Å². The topological polar surface area (TPSA) is 146 Å². The molecule has 1 aromatic carbocycles. The number of ether oxygens (including phenoxy) is 1. The summed E-state index contributed by atoms with van der Waals surface area (Å²) in [5.41, 5.74) is 7.70. The van der Waals surface area contributed by atoms with Crippen molar-refractivity contribution in [2.24, 2.45) is 5.73 Å². The Morgan fingerprint density at radius 1 is 1.32 bits per heavy atom. The van der Waals surface area contributed by atoms with Crippen LogP contribution in [0.3, 0.4) is 0 Å². The van der Waals surface area contributed by atoms with Gasteiger partial charge in [-0.1, -0.05) is 0 Å². The molecule has 120 valence electrons. The predicted octanol–water partition coefficient (Wildman–Crippen LogP) is 0.367. The summed E-state index contributed by atoms with van der Waals surface area (Å²) in [5, 5.41) is 25.1. The molecule has 0 aliphatic heterocycles. The second kappa shape index (κ2) is 8.01. The molecule has 1 aromatic heterocycles. The van der Waals surface area contributed by atoms with Gasteiger partial charge in [0.2, 0.25) is 0 Å². The van der Waals surface area contributed by atoms with Gasteiger partial charge in [0, 0.05) is 29.6 Å². The molecule has 2 rings (SSSR count). The number of nitrogens with two attached hydrogens (primary N) is 1. The predicted molar refractivity (Wildman–Crippen MR) is 79.0 cm³/mol. The molecule has 0 amide bonds. The standard InChI is InChI=1S/C12H16N2O2.C2H2O4/c1-16-9-2-3-12-10(4-9)11(6-14-12)8(5-13)7-15;3-1(4)2(5)6/h2-4,6,8,14-15H,5,7,13H2,1H3;(H,3,4)(H,5,6). The number of carboxylic acids is 2. The van der Waals surface area contributed by atoms with Crippen LogP contribution in [0.4, 0.5) is 0 Å². The van der Waals surface area contributed by atoms with Crippen LogP contribution in [-0.2, 0) is 9.59 Å². The Morgan fingerprint density at radius 3 is 2.41 bits per heavy atom. The number of nitrogens with one attached hydrogen (secondary N) is 1. The van der Waals surface area contributed by atoms with Crippen LogP contribution < -0.4 is 10.5 Å². The van der Waals surface area contributed by atoms with Crippen molar-refractivity contribution in [2.75, 3.05) is 20.3 Å². The van der Waals surface area contributed by atoms with Gasteiger partial charge in [-0.15, -0.1) is 0 Å². The molecule has 8 nitrogen and oxygen atoms in total. The van der Waals surface area contributed by atoms with Crippen molar-refractivity contribution in [1.29, 1.82) is 0 Å². The monoisotopic (exact) mass is 310 g/mol. The number of carbonyl (C=O) groups is 2. The van der Waals surface area contributed by atoms with E-state index in [0.29, 0.717) is 6.54 Å². The lowest BCUT2D eigenvalue weighted by molar-refractivity contribution is -0.159. The zero-order chi connectivity index (χ0) is 16.7. The fourth-order valence-corrected chi connectivity index (χ4v) is 1.89. The minimum absolute atomic E-state index is 0.0270. The summed E-state index contributed by atoms with van der Waals surface area (Å²) < 4.78 is 5.19. The number of hydrogen-bond donors (Lipinski definition) is 5. The number of H-pyrrole nitrogens is 1. The summed E-state index contributed by atoms with van der Waals surface area (Å²) in [7, 11) is 1.64. The molecule has 0 fully saturated rings. The van der Waals surface area contributed by atoms with Gasteiger partial charge in [0.05, 0.1) is 13.7 Å². The molecule has 0 spiro atoms. The highest BCUT2D eigenvalue weighted by atomic mass is 16.5. The molecule has 0 radical (unpaired) electrons. The van der Waals surface area contributed by atoms with Gasteiger partial charge in [-0.25, -0.2) is 9.59 Å². The lowest BCUT2D eigenvalue weighted by atomic mass is 9.99. The lowest BCUT2D eigenvalue weighted by Crippen LogP contribution is -2.15. The highest BCUT2D eigenvalue weighted by Crippen LogP contribution is 2.28. The van der Waals surface area contributed by atoms with Gasteiger partial charge in [0.25, 0.3) is 0 Å². The molecule has 1 atom stereocenters. The van der Waals surface area contributed by atoms with Gasteiger partial charge in [-0.2, -0.15) is 0 Å². The van der Waals surface area contributed by atoms with Gasteiger partial charge in [0.1, 0.15) is 5.75 Å². The van der Waals surface area contributed by atoms with Crippen molar-refractivity contribution in [2.45, 2.75) is 5.92 Å². The largest absolute Gasteiger partial charge is 0.497 e. The first-order valence-corrected chi connectivity index (χ1v) is 6.36. The number of aromatic nitrogens is 1. The Morgan fingerprint density at radius 2 is 1.95 bits per heavy atom. The molecule has 0 saturated carbocycles. The van der Waals surface area contributed by atoms with Gasteiger partial charge in [-0.05, 0) is 23.8 Å². The minimum atomic E-state index is -1.82. The van der Waals surface area contributed by atoms with Crippen LogP contribution in [0.2, 0.25) is 0 Å². The molecular weight excluding hydrogens is 292 g/mol. The van der Waals surface area contributed by atoms with E-state index in [-0.39, 0.29) is 12.5 Å². The zero-order valence-corrected chi connectivity index (χ0v) is 11.9. The third-order valence-electron chi connectivity index (χ3n) is 3.05. The first-order valence-electron chi connectivity index (χ1n) is 6.36. The molecule has 0 aliphatic rings. The Bertz CT molecular complexity index is 636. The van der Waals surface area contributed by atoms with E-state index in [1.165, 1.54) is 0 Å². The van der Waals surface area contributed by atoms with E-state index in [9.17, 15) is 5.11 Å². The van der Waals surface area contributed by atoms with Crippen molar-refractivity contribution < 1.29 is 29.6 Å². The van der Waals surface area contributed by atoms with E-state index in [1.54, 1.807) is 7.11 Å². The van der Waals surface area contributed by atoms with Crippen molar-refractivity contribution in [1.82, 2.24) is 4.98 Å². The number of rotatable bonds is 4. The maximum atomic E-state index is 9.26. The number of aliphatic carboxylic acids is 2. The van der Waals surface area contributed by atoms with Crippen LogP contribution in [0.5, 0.6) is 5.75 Å². The zero-order valence-electron chi connectivity index (χ0n) is 11.9. The molecule has 0 saturated heterocycles. The number of methoxy groups -OCH3 is 1. The van der Waals surface area contributed by atoms with Crippen LogP contribution in [0.15, 0.2) is 24.4 Å². The number of aromatic amines is 1. The Kier molecular flexibility index (Phi) is 6.36. The molecule has 8 heteroatoms. The van der Waals surface area contributed by atoms with Crippen LogP contribution >= 0.6 is 0 Å². The van der Waals surface area contributed by atoms with Crippen molar-refractivity contribution >= 4 is 22.8 Å². The third kappa shape index (κ3) is 4.21. The molecule has 0 bridgehead atoms. The van der Waals surface area contributed by atoms with Crippen molar-refractivity contribution in [3.8, 4) is 5.75 Å². The lowest BCUT2D eigenvalue weighted by Gasteiger charge is -2.10. The van der Waals surface area contributed by atoms with Crippen LogP contribution in [0, 0.1) is 0 Å². The summed E-state index contributed by atoms with van der Waals surface area (Å²) in [6, 6.07) is 5.82. The van der Waals surface area contributed by atoms with Gasteiger partial charge < -0.3 is 30.8 Å². The maximum absolute atomic E-state index is 9.26. The van der Waals surface area contributed by atoms with Gasteiger partial charge in [0.15, 0.2) is 0 Å². The Hall–Kier alpha value is -2.58. The highest BCUT2D eigenvalue weighted by Gasteiger charge is 2.13. The minimum Gasteiger partial charge on any atom is -0.497 e. The van der Waals surface area contributed by atoms with E-state index in [4.69, 9.17) is 30.3 Å². The molecule has 0 aliphatic carbocycles. The average Bonchev–Trinajstić information content (AvgIpc) is 2.92. The summed E-state index contributed by atoms with van der Waals surface area (Å²) in [6.07, 6.45) is 1.90. The summed E-state index contributed by atoms with van der Waals surface area (Å²) in [4.78, 5) is 21.4. The van der Waals surface area contributed by atoms with E-state index in [0.717, 1.165) is 22.2 Å². The molecule has 22 heavy (non-hydrogen) atoms. The summed E-state index contributed by atoms with van der Waals surface area (Å²) in [6.45, 7) is 0.487. The fourth-order valence-electron chi connectivity index (χ4n) is 1.89. The van der Waals surface area contributed by atoms with E-state index in [2.05, 4.69) is 4.98 Å². The second-order valence-electron chi connectivity index (χ2n) is 4.38. The average molecular weight is 310 g/mol. The fraction of sp³-hybridized carbons (Fsp3) is 0.286. The van der Waals surface area contributed by atoms with E-state index < -0.39 is 11.9 Å². The molecule has 1 unspecified atom stereocenters. The number of fused-ring (bicyclic) bond motifs is 1. The first-order chi connectivity index (χ1) is 10.4. The normalized spacial score (nSPS) is 11.4. The first kappa shape index (κ1) is 17.5. The summed E-state index contributed by atoms with van der Waals surface area (Å²) >= 11 is 0. The number of aliphatic hydroxyl groups is 1. The van der Waals surface area contributed by atoms with Gasteiger partial charge in [-0.3, -0.25) is 0 Å². The quantitative estimate of drug-likeness (QED) is 0.512. The van der Waals surface area contributed by atoms with Crippen LogP contribution in [0.1, 0.15) is 11.5 Å². The Labute approximate surface area is 126 Å². The van der Waals surface area contributed by atoms with E-state index in [1.807, 2.05) is 24.4 Å². The van der Waals surface area contributed by atoms with Crippen molar-refractivity contribution in [3.05, 3.63) is 30.0 Å². The third-order valence-corrected chi connectivity index (χ3v) is 3.05. The van der Waals surface area contributed by atoms with E-state index >= 15 is 0 Å². The highest BCUT2D eigenvalue weighted by molar-refractivity contribution is 6.27. The molecule has 2 aromatic rings. The Balaban J connectivity index is 0.000000346. The SMILES string of the molecule is COc1ccc2[nH]cc(C(CN)CO)c2c1.O=C(O)C(=O)O. The molecule has 1 heterocycles. The molecular formula is C14H18N2O6.